The largest absolute Gasteiger partial charge is 0.480 e. The predicted octanol–water partition coefficient (Wildman–Crippen LogP) is 6.47. The lowest BCUT2D eigenvalue weighted by molar-refractivity contribution is -0.150. The monoisotopic (exact) mass is 572 g/mol. The molecule has 7 heteroatoms. The lowest BCUT2D eigenvalue weighted by atomic mass is 9.98. The second-order valence-electron chi connectivity index (χ2n) is 11.7. The molecule has 0 saturated heterocycles. The maximum absolute atomic E-state index is 13.5. The molecule has 0 aliphatic heterocycles. The van der Waals surface area contributed by atoms with Crippen LogP contribution in [0.5, 0.6) is 0 Å². The number of amides is 2. The van der Waals surface area contributed by atoms with E-state index < -0.39 is 24.0 Å². The zero-order valence-electron chi connectivity index (χ0n) is 25.2. The van der Waals surface area contributed by atoms with Crippen molar-refractivity contribution in [3.05, 3.63) is 96.1 Å². The maximum atomic E-state index is 13.5. The SMILES string of the molecule is CC(C)COC(=O)[C@@H](CCc1ccccc1)CN(CC(C)C)C(=O)N[C@@H](Cc1ccc(-c2ccccc2)cc1)C(=O)O. The van der Waals surface area contributed by atoms with E-state index in [-0.39, 0.29) is 30.8 Å². The van der Waals surface area contributed by atoms with Crippen LogP contribution in [0.1, 0.15) is 45.2 Å². The highest BCUT2D eigenvalue weighted by atomic mass is 16.5. The van der Waals surface area contributed by atoms with E-state index in [4.69, 9.17) is 4.74 Å². The Kier molecular flexibility index (Phi) is 12.6. The number of carboxylic acid groups (broad SMARTS) is 1. The van der Waals surface area contributed by atoms with E-state index in [9.17, 15) is 19.5 Å². The molecule has 2 N–H and O–H groups in total. The first-order chi connectivity index (χ1) is 20.1. The van der Waals surface area contributed by atoms with Crippen LogP contribution >= 0.6 is 0 Å². The van der Waals surface area contributed by atoms with Crippen molar-refractivity contribution in [2.45, 2.75) is 53.0 Å². The molecule has 224 valence electrons. The van der Waals surface area contributed by atoms with E-state index in [1.54, 1.807) is 4.90 Å². The van der Waals surface area contributed by atoms with Gasteiger partial charge >= 0.3 is 18.0 Å². The number of urea groups is 1. The maximum Gasteiger partial charge on any atom is 0.326 e. The zero-order chi connectivity index (χ0) is 30.5. The molecule has 0 heterocycles. The molecule has 3 rings (SSSR count). The summed E-state index contributed by atoms with van der Waals surface area (Å²) in [7, 11) is 0. The summed E-state index contributed by atoms with van der Waals surface area (Å²) < 4.78 is 5.59. The van der Waals surface area contributed by atoms with E-state index in [0.717, 1.165) is 22.3 Å². The van der Waals surface area contributed by atoms with E-state index >= 15 is 0 Å². The Morgan fingerprint density at radius 1 is 0.762 bits per heavy atom. The Hall–Kier alpha value is -4.13. The first-order valence-corrected chi connectivity index (χ1v) is 14.8. The van der Waals surface area contributed by atoms with E-state index in [0.29, 0.717) is 26.0 Å². The molecule has 0 radical (unpaired) electrons. The molecular formula is C35H44N2O5. The van der Waals surface area contributed by atoms with Crippen LogP contribution in [0.25, 0.3) is 11.1 Å². The summed E-state index contributed by atoms with van der Waals surface area (Å²) in [6.07, 6.45) is 1.31. The Balaban J connectivity index is 1.72. The Morgan fingerprint density at radius 2 is 1.36 bits per heavy atom. The van der Waals surface area contributed by atoms with Crippen molar-refractivity contribution in [2.75, 3.05) is 19.7 Å². The number of aryl methyl sites for hydroxylation is 1. The number of benzene rings is 3. The number of esters is 1. The zero-order valence-corrected chi connectivity index (χ0v) is 25.2. The van der Waals surface area contributed by atoms with Crippen LogP contribution in [0, 0.1) is 17.8 Å². The van der Waals surface area contributed by atoms with Crippen molar-refractivity contribution in [1.29, 1.82) is 0 Å². The van der Waals surface area contributed by atoms with E-state index in [1.165, 1.54) is 0 Å². The number of carbonyl (C=O) groups is 3. The van der Waals surface area contributed by atoms with Gasteiger partial charge in [-0.15, -0.1) is 0 Å². The number of nitrogens with zero attached hydrogens (tertiary/aromatic N) is 1. The van der Waals surface area contributed by atoms with Crippen LogP contribution in [-0.2, 0) is 27.2 Å². The van der Waals surface area contributed by atoms with Crippen molar-refractivity contribution in [1.82, 2.24) is 10.2 Å². The first-order valence-electron chi connectivity index (χ1n) is 14.8. The smallest absolute Gasteiger partial charge is 0.326 e. The van der Waals surface area contributed by atoms with Gasteiger partial charge in [-0.2, -0.15) is 0 Å². The van der Waals surface area contributed by atoms with Gasteiger partial charge in [0.05, 0.1) is 12.5 Å². The summed E-state index contributed by atoms with van der Waals surface area (Å²) in [6, 6.07) is 25.9. The van der Waals surface area contributed by atoms with Crippen molar-refractivity contribution in [3.8, 4) is 11.1 Å². The van der Waals surface area contributed by atoms with E-state index in [2.05, 4.69) is 5.32 Å². The molecule has 3 aromatic rings. The minimum atomic E-state index is -1.12. The summed E-state index contributed by atoms with van der Waals surface area (Å²) in [5.41, 5.74) is 4.01. The number of ether oxygens (including phenoxy) is 1. The second-order valence-corrected chi connectivity index (χ2v) is 11.7. The minimum absolute atomic E-state index is 0.117. The van der Waals surface area contributed by atoms with Crippen molar-refractivity contribution >= 4 is 18.0 Å². The van der Waals surface area contributed by atoms with Gasteiger partial charge in [0.2, 0.25) is 0 Å². The molecular weight excluding hydrogens is 528 g/mol. The fraction of sp³-hybridized carbons (Fsp3) is 0.400. The summed E-state index contributed by atoms with van der Waals surface area (Å²) in [5.74, 6) is -1.68. The van der Waals surface area contributed by atoms with Gasteiger partial charge < -0.3 is 20.1 Å². The standard InChI is InChI=1S/C35H44N2O5/c1-25(2)22-37(23-31(34(40)42-24-26(3)4)20-15-27-11-7-5-8-12-27)35(41)36-32(33(38)39)21-28-16-18-30(19-17-28)29-13-9-6-10-14-29/h5-14,16-19,25-26,31-32H,15,20-24H2,1-4H3,(H,36,41)(H,38,39)/t31-,32-/m0/s1. The molecule has 2 atom stereocenters. The normalized spacial score (nSPS) is 12.5. The molecule has 0 aliphatic rings. The molecule has 42 heavy (non-hydrogen) atoms. The lowest BCUT2D eigenvalue weighted by Crippen LogP contribution is -2.51. The van der Waals surface area contributed by atoms with Gasteiger partial charge in [-0.3, -0.25) is 4.79 Å². The molecule has 0 aliphatic carbocycles. The number of aliphatic carboxylic acids is 1. The third-order valence-electron chi connectivity index (χ3n) is 6.93. The van der Waals surface area contributed by atoms with Crippen molar-refractivity contribution < 1.29 is 24.2 Å². The minimum Gasteiger partial charge on any atom is -0.480 e. The van der Waals surface area contributed by atoms with Gasteiger partial charge in [-0.25, -0.2) is 9.59 Å². The molecule has 0 aromatic heterocycles. The lowest BCUT2D eigenvalue weighted by Gasteiger charge is -2.30. The number of hydrogen-bond acceptors (Lipinski definition) is 4. The molecule has 0 bridgehead atoms. The van der Waals surface area contributed by atoms with Crippen molar-refractivity contribution in [3.63, 3.8) is 0 Å². The van der Waals surface area contributed by atoms with Gasteiger partial charge in [-0.05, 0) is 46.9 Å². The fourth-order valence-electron chi connectivity index (χ4n) is 4.72. The van der Waals surface area contributed by atoms with Gasteiger partial charge in [0.25, 0.3) is 0 Å². The van der Waals surface area contributed by atoms with Crippen LogP contribution < -0.4 is 5.32 Å². The Labute approximate surface area is 249 Å². The van der Waals surface area contributed by atoms with E-state index in [1.807, 2.05) is 113 Å². The molecule has 0 saturated carbocycles. The van der Waals surface area contributed by atoms with Crippen molar-refractivity contribution in [2.24, 2.45) is 17.8 Å². The number of hydrogen-bond donors (Lipinski definition) is 2. The number of carboxylic acids is 1. The first kappa shape index (κ1) is 32.4. The summed E-state index contributed by atoms with van der Waals surface area (Å²) in [4.78, 5) is 40.4. The van der Waals surface area contributed by atoms with Gasteiger partial charge in [-0.1, -0.05) is 113 Å². The summed E-state index contributed by atoms with van der Waals surface area (Å²) in [5, 5.41) is 12.7. The summed E-state index contributed by atoms with van der Waals surface area (Å²) >= 11 is 0. The van der Waals surface area contributed by atoms with Crippen LogP contribution in [0.4, 0.5) is 4.79 Å². The highest BCUT2D eigenvalue weighted by Gasteiger charge is 2.29. The molecule has 7 nitrogen and oxygen atoms in total. The predicted molar refractivity (Wildman–Crippen MR) is 166 cm³/mol. The fourth-order valence-corrected chi connectivity index (χ4v) is 4.72. The highest BCUT2D eigenvalue weighted by Crippen LogP contribution is 2.20. The molecule has 0 fully saturated rings. The van der Waals surface area contributed by atoms with Crippen LogP contribution in [-0.4, -0.2) is 53.7 Å². The Morgan fingerprint density at radius 3 is 1.93 bits per heavy atom. The highest BCUT2D eigenvalue weighted by molar-refractivity contribution is 5.83. The van der Waals surface area contributed by atoms with Crippen LogP contribution in [0.3, 0.4) is 0 Å². The van der Waals surface area contributed by atoms with Gasteiger partial charge in [0.15, 0.2) is 0 Å². The Bertz CT molecular complexity index is 1260. The number of rotatable bonds is 15. The number of nitrogens with one attached hydrogen (secondary N) is 1. The summed E-state index contributed by atoms with van der Waals surface area (Å²) in [6.45, 7) is 8.76. The third-order valence-corrected chi connectivity index (χ3v) is 6.93. The molecule has 0 spiro atoms. The number of carbonyl (C=O) groups excluding carboxylic acids is 2. The molecule has 2 amide bonds. The van der Waals surface area contributed by atoms with Crippen LogP contribution in [0.15, 0.2) is 84.9 Å². The molecule has 3 aromatic carbocycles. The average Bonchev–Trinajstić information content (AvgIpc) is 2.98. The van der Waals surface area contributed by atoms with Crippen LogP contribution in [0.2, 0.25) is 0 Å². The molecule has 0 unspecified atom stereocenters. The topological polar surface area (TPSA) is 95.9 Å². The average molecular weight is 573 g/mol. The van der Waals surface area contributed by atoms with Gasteiger partial charge in [0.1, 0.15) is 6.04 Å². The third kappa shape index (κ3) is 10.7. The quantitative estimate of drug-likeness (QED) is 0.204. The second kappa shape index (κ2) is 16.3. The van der Waals surface area contributed by atoms with Gasteiger partial charge in [0, 0.05) is 19.5 Å².